The first kappa shape index (κ1) is 35.4. The number of rotatable bonds is 17. The van der Waals surface area contributed by atoms with Crippen LogP contribution in [0.5, 0.6) is 0 Å². The van der Waals surface area contributed by atoms with Gasteiger partial charge in [0.2, 0.25) is 0 Å². The molecule has 7 nitrogen and oxygen atoms in total. The standard InChI is InChI=1S/C30H56O7/c1-13-16-26(7,8)19(4)22(23(31)32)30(37,25(35)36)29(24(33)34,20(5)27(9,10)17-14-2)21(6)28(11,12)18-15-3/h19-22,37H,13-18H2,1-12H3,(H,31,32)(H,33,34)(H,35,36). The Morgan fingerprint density at radius 2 is 0.946 bits per heavy atom. The molecule has 0 aromatic rings. The minimum absolute atomic E-state index is 0.592. The lowest BCUT2D eigenvalue weighted by Crippen LogP contribution is -2.73. The molecule has 0 saturated carbocycles. The van der Waals surface area contributed by atoms with Crippen LogP contribution >= 0.6 is 0 Å². The summed E-state index contributed by atoms with van der Waals surface area (Å²) in [4.78, 5) is 40.0. The normalized spacial score (nSPS) is 19.7. The highest BCUT2D eigenvalue weighted by atomic mass is 16.4. The number of carboxylic acids is 3. The molecule has 5 atom stereocenters. The van der Waals surface area contributed by atoms with Gasteiger partial charge in [0, 0.05) is 0 Å². The summed E-state index contributed by atoms with van der Waals surface area (Å²) in [7, 11) is 0. The van der Waals surface area contributed by atoms with E-state index in [4.69, 9.17) is 0 Å². The summed E-state index contributed by atoms with van der Waals surface area (Å²) < 4.78 is 0. The van der Waals surface area contributed by atoms with Gasteiger partial charge in [0.15, 0.2) is 5.60 Å². The van der Waals surface area contributed by atoms with Crippen molar-refractivity contribution in [3.8, 4) is 0 Å². The van der Waals surface area contributed by atoms with Gasteiger partial charge in [-0.25, -0.2) is 4.79 Å². The maximum absolute atomic E-state index is 13.7. The summed E-state index contributed by atoms with van der Waals surface area (Å²) in [6.07, 6.45) is 3.98. The minimum atomic E-state index is -3.08. The van der Waals surface area contributed by atoms with Crippen molar-refractivity contribution in [2.75, 3.05) is 0 Å². The molecule has 0 rings (SSSR count). The van der Waals surface area contributed by atoms with Gasteiger partial charge in [-0.1, -0.05) is 102 Å². The topological polar surface area (TPSA) is 132 Å². The van der Waals surface area contributed by atoms with Crippen LogP contribution in [0, 0.1) is 45.3 Å². The molecule has 0 aromatic carbocycles. The number of aliphatic carboxylic acids is 3. The SMILES string of the molecule is CCCC(C)(C)C(C)C(C(=O)O)C(O)(C(=O)O)C(C(=O)O)(C(C)C(C)(C)CCC)C(C)C(C)(C)CCC. The molecule has 0 saturated heterocycles. The predicted octanol–water partition coefficient (Wildman–Crippen LogP) is 6.96. The lowest BCUT2D eigenvalue weighted by molar-refractivity contribution is -0.242. The van der Waals surface area contributed by atoms with Crippen molar-refractivity contribution in [1.29, 1.82) is 0 Å². The second-order valence-corrected chi connectivity index (χ2v) is 13.5. The molecule has 0 spiro atoms. The third kappa shape index (κ3) is 6.34. The molecule has 37 heavy (non-hydrogen) atoms. The Hall–Kier alpha value is -1.63. The molecule has 7 heteroatoms. The van der Waals surface area contributed by atoms with Gasteiger partial charge < -0.3 is 20.4 Å². The number of hydrogen-bond donors (Lipinski definition) is 4. The van der Waals surface area contributed by atoms with Crippen LogP contribution in [0.1, 0.15) is 122 Å². The van der Waals surface area contributed by atoms with E-state index >= 15 is 0 Å². The maximum atomic E-state index is 13.7. The molecule has 0 aromatic heterocycles. The fraction of sp³-hybridized carbons (Fsp3) is 0.900. The van der Waals surface area contributed by atoms with Crippen LogP contribution in [0.3, 0.4) is 0 Å². The highest BCUT2D eigenvalue weighted by Gasteiger charge is 2.74. The van der Waals surface area contributed by atoms with Crippen molar-refractivity contribution >= 4 is 17.9 Å². The van der Waals surface area contributed by atoms with Crippen LogP contribution in [0.4, 0.5) is 0 Å². The molecular formula is C30H56O7. The Kier molecular flexibility index (Phi) is 11.9. The van der Waals surface area contributed by atoms with E-state index in [1.165, 1.54) is 0 Å². The van der Waals surface area contributed by atoms with Crippen LogP contribution in [-0.2, 0) is 14.4 Å². The molecule has 4 N–H and O–H groups in total. The number of aliphatic hydroxyl groups is 1. The van der Waals surface area contributed by atoms with Crippen molar-refractivity contribution in [3.63, 3.8) is 0 Å². The second kappa shape index (κ2) is 12.5. The lowest BCUT2D eigenvalue weighted by atomic mass is 9.43. The molecule has 0 heterocycles. The molecule has 5 unspecified atom stereocenters. The summed E-state index contributed by atoms with van der Waals surface area (Å²) in [5.41, 5.74) is -7.42. The van der Waals surface area contributed by atoms with Crippen LogP contribution in [-0.4, -0.2) is 43.9 Å². The number of carboxylic acid groups (broad SMARTS) is 3. The van der Waals surface area contributed by atoms with Gasteiger partial charge in [0.1, 0.15) is 11.3 Å². The van der Waals surface area contributed by atoms with E-state index in [0.717, 1.165) is 19.3 Å². The monoisotopic (exact) mass is 528 g/mol. The van der Waals surface area contributed by atoms with E-state index in [1.54, 1.807) is 20.8 Å². The average molecular weight is 529 g/mol. The minimum Gasteiger partial charge on any atom is -0.481 e. The summed E-state index contributed by atoms with van der Waals surface area (Å²) in [5, 5.41) is 45.0. The zero-order valence-corrected chi connectivity index (χ0v) is 25.6. The highest BCUT2D eigenvalue weighted by Crippen LogP contribution is 2.62. The molecular weight excluding hydrogens is 472 g/mol. The predicted molar refractivity (Wildman–Crippen MR) is 147 cm³/mol. The van der Waals surface area contributed by atoms with Crippen molar-refractivity contribution < 1.29 is 34.8 Å². The highest BCUT2D eigenvalue weighted by molar-refractivity contribution is 5.94. The average Bonchev–Trinajstić information content (AvgIpc) is 2.73. The fourth-order valence-corrected chi connectivity index (χ4v) is 7.17. The Morgan fingerprint density at radius 3 is 1.19 bits per heavy atom. The maximum Gasteiger partial charge on any atom is 0.337 e. The Morgan fingerprint density at radius 1 is 0.622 bits per heavy atom. The molecule has 0 radical (unpaired) electrons. The molecule has 0 amide bonds. The fourth-order valence-electron chi connectivity index (χ4n) is 7.17. The second-order valence-electron chi connectivity index (χ2n) is 13.5. The van der Waals surface area contributed by atoms with E-state index in [2.05, 4.69) is 0 Å². The van der Waals surface area contributed by atoms with Crippen molar-refractivity contribution in [3.05, 3.63) is 0 Å². The van der Waals surface area contributed by atoms with Crippen molar-refractivity contribution in [1.82, 2.24) is 0 Å². The van der Waals surface area contributed by atoms with Gasteiger partial charge in [-0.15, -0.1) is 0 Å². The molecule has 0 bridgehead atoms. The first-order valence-corrected chi connectivity index (χ1v) is 14.0. The molecule has 218 valence electrons. The van der Waals surface area contributed by atoms with Crippen LogP contribution in [0.2, 0.25) is 0 Å². The van der Waals surface area contributed by atoms with Crippen molar-refractivity contribution in [2.24, 2.45) is 45.3 Å². The lowest BCUT2D eigenvalue weighted by Gasteiger charge is -2.59. The van der Waals surface area contributed by atoms with E-state index in [1.807, 2.05) is 62.3 Å². The molecule has 0 aliphatic heterocycles. The number of hydrogen-bond acceptors (Lipinski definition) is 4. The van der Waals surface area contributed by atoms with Gasteiger partial charge >= 0.3 is 17.9 Å². The summed E-state index contributed by atoms with van der Waals surface area (Å²) >= 11 is 0. The smallest absolute Gasteiger partial charge is 0.337 e. The van der Waals surface area contributed by atoms with Gasteiger partial charge in [-0.2, -0.15) is 0 Å². The quantitative estimate of drug-likeness (QED) is 0.160. The summed E-state index contributed by atoms with van der Waals surface area (Å²) in [6.45, 7) is 22.2. The van der Waals surface area contributed by atoms with Gasteiger partial charge in [0.25, 0.3) is 0 Å². The first-order chi connectivity index (χ1) is 16.6. The van der Waals surface area contributed by atoms with E-state index in [9.17, 15) is 34.8 Å². The third-order valence-corrected chi connectivity index (χ3v) is 10.2. The number of carbonyl (C=O) groups is 3. The largest absolute Gasteiger partial charge is 0.481 e. The molecule has 0 aliphatic carbocycles. The van der Waals surface area contributed by atoms with Crippen LogP contribution < -0.4 is 0 Å². The van der Waals surface area contributed by atoms with Gasteiger partial charge in [-0.05, 0) is 53.3 Å². The Labute approximate surface area is 225 Å². The van der Waals surface area contributed by atoms with E-state index in [-0.39, 0.29) is 0 Å². The zero-order valence-electron chi connectivity index (χ0n) is 25.6. The first-order valence-electron chi connectivity index (χ1n) is 14.0. The van der Waals surface area contributed by atoms with Gasteiger partial charge in [-0.3, -0.25) is 9.59 Å². The summed E-state index contributed by atoms with van der Waals surface area (Å²) in [6, 6.07) is 0. The zero-order chi connectivity index (χ0) is 29.8. The molecule has 0 fully saturated rings. The third-order valence-electron chi connectivity index (χ3n) is 10.2. The van der Waals surface area contributed by atoms with Gasteiger partial charge in [0.05, 0.1) is 0 Å². The Balaban J connectivity index is 8.05. The van der Waals surface area contributed by atoms with Crippen LogP contribution in [0.15, 0.2) is 0 Å². The summed E-state index contributed by atoms with van der Waals surface area (Å²) in [5.74, 6) is -9.15. The van der Waals surface area contributed by atoms with E-state index < -0.39 is 68.8 Å². The van der Waals surface area contributed by atoms with Crippen molar-refractivity contribution in [2.45, 2.75) is 127 Å². The van der Waals surface area contributed by atoms with Crippen LogP contribution in [0.25, 0.3) is 0 Å². The molecule has 0 aliphatic rings. The van der Waals surface area contributed by atoms with E-state index in [0.29, 0.717) is 19.3 Å². The Bertz CT molecular complexity index is 774.